The average Bonchev–Trinajstić information content (AvgIpc) is 2.22. The van der Waals surface area contributed by atoms with Gasteiger partial charge in [0.1, 0.15) is 12.0 Å². The molecule has 0 amide bonds. The first-order chi connectivity index (χ1) is 7.18. The van der Waals surface area contributed by atoms with Crippen molar-refractivity contribution in [2.45, 2.75) is 0 Å². The average molecular weight is 224 g/mol. The van der Waals surface area contributed by atoms with Gasteiger partial charge in [0.05, 0.1) is 0 Å². The molecule has 1 aromatic heterocycles. The minimum atomic E-state index is -0.625. The zero-order chi connectivity index (χ0) is 10.8. The number of aromatic nitrogens is 2. The summed E-state index contributed by atoms with van der Waals surface area (Å²) in [6.07, 6.45) is 1.22. The van der Waals surface area contributed by atoms with Crippen molar-refractivity contribution in [1.29, 1.82) is 0 Å². The van der Waals surface area contributed by atoms with Crippen molar-refractivity contribution in [3.05, 3.63) is 41.4 Å². The van der Waals surface area contributed by atoms with Crippen LogP contribution in [0.3, 0.4) is 0 Å². The molecule has 2 aromatic rings. The zero-order valence-corrected chi connectivity index (χ0v) is 8.37. The van der Waals surface area contributed by atoms with E-state index in [-0.39, 0.29) is 11.5 Å². The molecule has 1 heterocycles. The number of nitrogens with zero attached hydrogens (tertiary/aromatic N) is 2. The second-order valence-corrected chi connectivity index (χ2v) is 3.37. The molecule has 2 N–H and O–H groups in total. The van der Waals surface area contributed by atoms with Crippen LogP contribution in [0, 0.1) is 5.82 Å². The molecule has 0 radical (unpaired) electrons. The molecular formula is C10H7ClFN3. The summed E-state index contributed by atoms with van der Waals surface area (Å²) in [4.78, 5) is 7.37. The molecule has 0 unspecified atom stereocenters. The molecular weight excluding hydrogens is 217 g/mol. The normalized spacial score (nSPS) is 10.3. The molecule has 0 aliphatic carbocycles. The highest BCUT2D eigenvalue weighted by Gasteiger charge is 2.10. The van der Waals surface area contributed by atoms with Gasteiger partial charge in [0.15, 0.2) is 11.6 Å². The van der Waals surface area contributed by atoms with Crippen LogP contribution >= 0.6 is 11.6 Å². The molecule has 0 spiro atoms. The van der Waals surface area contributed by atoms with Gasteiger partial charge in [0, 0.05) is 10.6 Å². The lowest BCUT2D eigenvalue weighted by molar-refractivity contribution is 0.624. The van der Waals surface area contributed by atoms with Crippen molar-refractivity contribution in [2.75, 3.05) is 5.73 Å². The number of halogens is 2. The van der Waals surface area contributed by atoms with Gasteiger partial charge < -0.3 is 5.73 Å². The molecule has 2 rings (SSSR count). The van der Waals surface area contributed by atoms with Crippen LogP contribution in [-0.2, 0) is 0 Å². The highest BCUT2D eigenvalue weighted by Crippen LogP contribution is 2.24. The Morgan fingerprint density at radius 2 is 2.07 bits per heavy atom. The van der Waals surface area contributed by atoms with E-state index in [4.69, 9.17) is 17.3 Å². The maximum Gasteiger partial charge on any atom is 0.191 e. The molecule has 0 saturated heterocycles. The lowest BCUT2D eigenvalue weighted by Crippen LogP contribution is -1.99. The van der Waals surface area contributed by atoms with E-state index in [9.17, 15) is 4.39 Å². The Morgan fingerprint density at radius 3 is 2.80 bits per heavy atom. The summed E-state index contributed by atoms with van der Waals surface area (Å²) >= 11 is 5.79. The number of rotatable bonds is 1. The Hall–Kier alpha value is -1.68. The molecule has 0 aliphatic heterocycles. The number of nitrogens with two attached hydrogens (primary N) is 1. The summed E-state index contributed by atoms with van der Waals surface area (Å²) in [5.41, 5.74) is 6.07. The van der Waals surface area contributed by atoms with Gasteiger partial charge in [-0.25, -0.2) is 14.4 Å². The van der Waals surface area contributed by atoms with E-state index in [2.05, 4.69) is 9.97 Å². The van der Waals surface area contributed by atoms with Crippen LogP contribution in [0.25, 0.3) is 11.3 Å². The molecule has 0 fully saturated rings. The van der Waals surface area contributed by atoms with Crippen molar-refractivity contribution >= 4 is 17.4 Å². The summed E-state index contributed by atoms with van der Waals surface area (Å²) in [6, 6.07) is 6.74. The van der Waals surface area contributed by atoms with Crippen LogP contribution < -0.4 is 5.73 Å². The third-order valence-corrected chi connectivity index (χ3v) is 2.15. The summed E-state index contributed by atoms with van der Waals surface area (Å²) in [5, 5.41) is 0.518. The fourth-order valence-corrected chi connectivity index (χ4v) is 1.41. The number of hydrogen-bond acceptors (Lipinski definition) is 3. The van der Waals surface area contributed by atoms with Gasteiger partial charge in [-0.05, 0) is 12.1 Å². The van der Waals surface area contributed by atoms with Crippen LogP contribution in [0.15, 0.2) is 30.6 Å². The van der Waals surface area contributed by atoms with Crippen LogP contribution in [0.4, 0.5) is 10.2 Å². The Balaban J connectivity index is 2.59. The molecule has 5 heteroatoms. The molecule has 15 heavy (non-hydrogen) atoms. The summed E-state index contributed by atoms with van der Waals surface area (Å²) in [7, 11) is 0. The first-order valence-corrected chi connectivity index (χ1v) is 4.58. The topological polar surface area (TPSA) is 51.8 Å². The van der Waals surface area contributed by atoms with Gasteiger partial charge in [-0.2, -0.15) is 0 Å². The molecule has 0 aliphatic rings. The summed E-state index contributed by atoms with van der Waals surface area (Å²) in [6.45, 7) is 0. The van der Waals surface area contributed by atoms with E-state index in [1.165, 1.54) is 6.33 Å². The Kier molecular flexibility index (Phi) is 2.51. The van der Waals surface area contributed by atoms with Gasteiger partial charge >= 0.3 is 0 Å². The fraction of sp³-hybridized carbons (Fsp3) is 0. The quantitative estimate of drug-likeness (QED) is 0.808. The van der Waals surface area contributed by atoms with Gasteiger partial charge in [0.25, 0.3) is 0 Å². The molecule has 76 valence electrons. The number of benzene rings is 1. The van der Waals surface area contributed by atoms with Gasteiger partial charge in [-0.15, -0.1) is 0 Å². The smallest absolute Gasteiger partial charge is 0.191 e. The molecule has 3 nitrogen and oxygen atoms in total. The summed E-state index contributed by atoms with van der Waals surface area (Å²) in [5.74, 6) is -0.792. The fourth-order valence-electron chi connectivity index (χ4n) is 1.22. The van der Waals surface area contributed by atoms with E-state index in [1.807, 2.05) is 0 Å². The molecule has 1 aromatic carbocycles. The van der Waals surface area contributed by atoms with Crippen LogP contribution in [-0.4, -0.2) is 9.97 Å². The second-order valence-electron chi connectivity index (χ2n) is 2.93. The predicted octanol–water partition coefficient (Wildman–Crippen LogP) is 2.52. The van der Waals surface area contributed by atoms with E-state index in [0.29, 0.717) is 10.6 Å². The summed E-state index contributed by atoms with van der Waals surface area (Å²) < 4.78 is 13.5. The van der Waals surface area contributed by atoms with Crippen molar-refractivity contribution in [1.82, 2.24) is 9.97 Å². The van der Waals surface area contributed by atoms with Crippen molar-refractivity contribution in [3.63, 3.8) is 0 Å². The number of hydrogen-bond donors (Lipinski definition) is 1. The monoisotopic (exact) mass is 223 g/mol. The predicted molar refractivity (Wildman–Crippen MR) is 56.8 cm³/mol. The Morgan fingerprint density at radius 1 is 1.27 bits per heavy atom. The van der Waals surface area contributed by atoms with Gasteiger partial charge in [-0.1, -0.05) is 23.7 Å². The minimum absolute atomic E-state index is 0.157. The van der Waals surface area contributed by atoms with Crippen molar-refractivity contribution in [3.8, 4) is 11.3 Å². The van der Waals surface area contributed by atoms with E-state index in [0.717, 1.165) is 0 Å². The zero-order valence-electron chi connectivity index (χ0n) is 7.61. The maximum atomic E-state index is 13.5. The van der Waals surface area contributed by atoms with Crippen LogP contribution in [0.5, 0.6) is 0 Å². The minimum Gasteiger partial charge on any atom is -0.381 e. The molecule has 0 atom stereocenters. The SMILES string of the molecule is Nc1ncnc(-c2cccc(Cl)c2)c1F. The number of anilines is 1. The molecule has 0 bridgehead atoms. The van der Waals surface area contributed by atoms with E-state index < -0.39 is 5.82 Å². The van der Waals surface area contributed by atoms with E-state index in [1.54, 1.807) is 24.3 Å². The maximum absolute atomic E-state index is 13.5. The standard InChI is InChI=1S/C10H7ClFN3/c11-7-3-1-2-6(4-7)9-8(12)10(13)15-5-14-9/h1-5H,(H2,13,14,15). The second kappa shape index (κ2) is 3.82. The third kappa shape index (κ3) is 1.89. The van der Waals surface area contributed by atoms with Crippen LogP contribution in [0.1, 0.15) is 0 Å². The van der Waals surface area contributed by atoms with Crippen LogP contribution in [0.2, 0.25) is 5.02 Å². The van der Waals surface area contributed by atoms with E-state index >= 15 is 0 Å². The van der Waals surface area contributed by atoms with Gasteiger partial charge in [-0.3, -0.25) is 0 Å². The lowest BCUT2D eigenvalue weighted by Gasteiger charge is -2.03. The highest BCUT2D eigenvalue weighted by molar-refractivity contribution is 6.30. The van der Waals surface area contributed by atoms with Crippen molar-refractivity contribution < 1.29 is 4.39 Å². The third-order valence-electron chi connectivity index (χ3n) is 1.91. The Bertz CT molecular complexity index is 502. The highest BCUT2D eigenvalue weighted by atomic mass is 35.5. The lowest BCUT2D eigenvalue weighted by atomic mass is 10.1. The molecule has 0 saturated carbocycles. The Labute approximate surface area is 90.7 Å². The van der Waals surface area contributed by atoms with Crippen molar-refractivity contribution in [2.24, 2.45) is 0 Å². The largest absolute Gasteiger partial charge is 0.381 e. The van der Waals surface area contributed by atoms with Gasteiger partial charge in [0.2, 0.25) is 0 Å². The first kappa shape index (κ1) is 9.86. The first-order valence-electron chi connectivity index (χ1n) is 4.20. The number of nitrogen functional groups attached to an aromatic ring is 1.